The first kappa shape index (κ1) is 17.3. The van der Waals surface area contributed by atoms with Crippen LogP contribution in [0.15, 0.2) is 0 Å². The van der Waals surface area contributed by atoms with Crippen molar-refractivity contribution in [2.45, 2.75) is 77.8 Å². The summed E-state index contributed by atoms with van der Waals surface area (Å²) in [5.41, 5.74) is 0. The molecule has 0 aliphatic carbocycles. The Balaban J connectivity index is 0.000000200. The number of hydrogen-bond acceptors (Lipinski definition) is 4. The quantitative estimate of drug-likeness (QED) is 0.732. The van der Waals surface area contributed by atoms with Gasteiger partial charge in [-0.2, -0.15) is 0 Å². The van der Waals surface area contributed by atoms with E-state index in [0.29, 0.717) is 0 Å². The van der Waals surface area contributed by atoms with Crippen molar-refractivity contribution in [1.82, 2.24) is 0 Å². The van der Waals surface area contributed by atoms with Gasteiger partial charge in [0.2, 0.25) is 0 Å². The standard InChI is InChI=1S/2C8H14O2/c2*1-6-3-8(5-9)4-7(2)10-6/h2*5-8H,3-4H2,1-2H3/t2*6-,7+,8?. The molecule has 0 aromatic carbocycles. The molecular formula is C16H28O4. The predicted molar refractivity (Wildman–Crippen MR) is 77.6 cm³/mol. The monoisotopic (exact) mass is 284 g/mol. The fraction of sp³-hybridized carbons (Fsp3) is 0.875. The maximum Gasteiger partial charge on any atom is 0.123 e. The molecule has 2 rings (SSSR count). The Morgan fingerprint density at radius 3 is 1.10 bits per heavy atom. The van der Waals surface area contributed by atoms with Crippen LogP contribution in [0.25, 0.3) is 0 Å². The molecule has 0 amide bonds. The van der Waals surface area contributed by atoms with Gasteiger partial charge in [-0.15, -0.1) is 0 Å². The number of aldehydes is 2. The number of ether oxygens (including phenoxy) is 2. The molecule has 0 saturated carbocycles. The van der Waals surface area contributed by atoms with Crippen LogP contribution in [0.5, 0.6) is 0 Å². The molecule has 20 heavy (non-hydrogen) atoms. The minimum Gasteiger partial charge on any atom is -0.376 e. The van der Waals surface area contributed by atoms with Gasteiger partial charge in [0.05, 0.1) is 24.4 Å². The molecule has 2 unspecified atom stereocenters. The summed E-state index contributed by atoms with van der Waals surface area (Å²) in [6.45, 7) is 8.08. The van der Waals surface area contributed by atoms with Crippen molar-refractivity contribution in [2.75, 3.05) is 0 Å². The third-order valence-corrected chi connectivity index (χ3v) is 3.85. The van der Waals surface area contributed by atoms with Crippen molar-refractivity contribution < 1.29 is 19.1 Å². The first-order chi connectivity index (χ1) is 9.44. The summed E-state index contributed by atoms with van der Waals surface area (Å²) in [6, 6.07) is 0. The summed E-state index contributed by atoms with van der Waals surface area (Å²) >= 11 is 0. The van der Waals surface area contributed by atoms with Gasteiger partial charge in [0.25, 0.3) is 0 Å². The van der Waals surface area contributed by atoms with Crippen LogP contribution >= 0.6 is 0 Å². The van der Waals surface area contributed by atoms with Crippen molar-refractivity contribution >= 4 is 12.6 Å². The zero-order chi connectivity index (χ0) is 15.1. The highest BCUT2D eigenvalue weighted by Gasteiger charge is 2.24. The van der Waals surface area contributed by atoms with Crippen LogP contribution in [0.1, 0.15) is 53.4 Å². The molecule has 0 aromatic heterocycles. The highest BCUT2D eigenvalue weighted by atomic mass is 16.5. The molecule has 116 valence electrons. The molecular weight excluding hydrogens is 256 g/mol. The van der Waals surface area contributed by atoms with Gasteiger partial charge in [-0.3, -0.25) is 0 Å². The van der Waals surface area contributed by atoms with E-state index < -0.39 is 0 Å². The minimum atomic E-state index is 0.235. The lowest BCUT2D eigenvalue weighted by Gasteiger charge is -2.28. The normalized spacial score (nSPS) is 41.2. The number of carbonyl (C=O) groups is 2. The van der Waals surface area contributed by atoms with Gasteiger partial charge in [-0.1, -0.05) is 0 Å². The molecule has 2 fully saturated rings. The molecule has 0 radical (unpaired) electrons. The Hall–Kier alpha value is -0.740. The molecule has 0 bridgehead atoms. The zero-order valence-electron chi connectivity index (χ0n) is 13.1. The first-order valence-corrected chi connectivity index (χ1v) is 7.66. The van der Waals surface area contributed by atoms with E-state index in [4.69, 9.17) is 9.47 Å². The van der Waals surface area contributed by atoms with E-state index in [1.165, 1.54) is 0 Å². The highest BCUT2D eigenvalue weighted by Crippen LogP contribution is 2.23. The summed E-state index contributed by atoms with van der Waals surface area (Å²) in [5, 5.41) is 0. The second-order valence-corrected chi connectivity index (χ2v) is 6.25. The van der Waals surface area contributed by atoms with Gasteiger partial charge in [-0.25, -0.2) is 0 Å². The van der Waals surface area contributed by atoms with Crippen LogP contribution in [-0.2, 0) is 19.1 Å². The van der Waals surface area contributed by atoms with Crippen LogP contribution in [-0.4, -0.2) is 37.0 Å². The van der Waals surface area contributed by atoms with Crippen molar-refractivity contribution in [2.24, 2.45) is 11.8 Å². The topological polar surface area (TPSA) is 52.6 Å². The van der Waals surface area contributed by atoms with E-state index in [0.717, 1.165) is 38.3 Å². The smallest absolute Gasteiger partial charge is 0.123 e. The number of carbonyl (C=O) groups excluding carboxylic acids is 2. The van der Waals surface area contributed by atoms with Crippen LogP contribution in [0.2, 0.25) is 0 Å². The predicted octanol–water partition coefficient (Wildman–Crippen LogP) is 2.78. The van der Waals surface area contributed by atoms with E-state index in [9.17, 15) is 9.59 Å². The van der Waals surface area contributed by atoms with Crippen molar-refractivity contribution in [3.05, 3.63) is 0 Å². The fourth-order valence-electron chi connectivity index (χ4n) is 3.14. The van der Waals surface area contributed by atoms with Gasteiger partial charge in [0.15, 0.2) is 0 Å². The summed E-state index contributed by atoms with van der Waals surface area (Å²) in [5.74, 6) is 0.470. The largest absolute Gasteiger partial charge is 0.376 e. The molecule has 4 nitrogen and oxygen atoms in total. The molecule has 2 aliphatic heterocycles. The first-order valence-electron chi connectivity index (χ1n) is 7.66. The summed E-state index contributed by atoms with van der Waals surface area (Å²) in [6.07, 6.45) is 6.74. The van der Waals surface area contributed by atoms with Crippen LogP contribution in [0, 0.1) is 11.8 Å². The number of rotatable bonds is 2. The van der Waals surface area contributed by atoms with E-state index in [1.54, 1.807) is 0 Å². The Morgan fingerprint density at radius 1 is 0.650 bits per heavy atom. The van der Waals surface area contributed by atoms with E-state index in [-0.39, 0.29) is 36.3 Å². The Labute approximate surface area is 122 Å². The maximum atomic E-state index is 10.4. The fourth-order valence-corrected chi connectivity index (χ4v) is 3.14. The van der Waals surface area contributed by atoms with Crippen molar-refractivity contribution in [3.8, 4) is 0 Å². The Morgan fingerprint density at radius 2 is 0.900 bits per heavy atom. The lowest BCUT2D eigenvalue weighted by molar-refractivity contribution is -0.119. The van der Waals surface area contributed by atoms with Crippen LogP contribution in [0.4, 0.5) is 0 Å². The SMILES string of the molecule is C[C@@H]1CC(C=O)C[C@H](C)O1.C[C@@H]1CC(C=O)C[C@H](C)O1. The lowest BCUT2D eigenvalue weighted by Crippen LogP contribution is -2.29. The van der Waals surface area contributed by atoms with Gasteiger partial charge >= 0.3 is 0 Å². The maximum absolute atomic E-state index is 10.4. The molecule has 2 aliphatic rings. The average molecular weight is 284 g/mol. The van der Waals surface area contributed by atoms with Gasteiger partial charge in [0.1, 0.15) is 12.6 Å². The molecule has 2 heterocycles. The molecule has 4 heteroatoms. The van der Waals surface area contributed by atoms with E-state index >= 15 is 0 Å². The average Bonchev–Trinajstić information content (AvgIpc) is 2.37. The van der Waals surface area contributed by atoms with Crippen LogP contribution < -0.4 is 0 Å². The molecule has 0 aromatic rings. The molecule has 0 spiro atoms. The van der Waals surface area contributed by atoms with Crippen molar-refractivity contribution in [3.63, 3.8) is 0 Å². The third-order valence-electron chi connectivity index (χ3n) is 3.85. The Kier molecular flexibility index (Phi) is 7.38. The molecule has 0 N–H and O–H groups in total. The van der Waals surface area contributed by atoms with E-state index in [1.807, 2.05) is 27.7 Å². The van der Waals surface area contributed by atoms with Gasteiger partial charge in [-0.05, 0) is 53.4 Å². The van der Waals surface area contributed by atoms with Gasteiger partial charge < -0.3 is 19.1 Å². The molecule has 2 saturated heterocycles. The van der Waals surface area contributed by atoms with Gasteiger partial charge in [0, 0.05) is 11.8 Å². The number of hydrogen-bond donors (Lipinski definition) is 0. The van der Waals surface area contributed by atoms with Crippen LogP contribution in [0.3, 0.4) is 0 Å². The third kappa shape index (κ3) is 6.14. The highest BCUT2D eigenvalue weighted by molar-refractivity contribution is 5.54. The zero-order valence-corrected chi connectivity index (χ0v) is 13.1. The second kappa shape index (κ2) is 8.53. The second-order valence-electron chi connectivity index (χ2n) is 6.25. The summed E-state index contributed by atoms with van der Waals surface area (Å²) in [7, 11) is 0. The lowest BCUT2D eigenvalue weighted by atomic mass is 9.94. The summed E-state index contributed by atoms with van der Waals surface area (Å²) in [4.78, 5) is 20.8. The van der Waals surface area contributed by atoms with E-state index in [2.05, 4.69) is 0 Å². The van der Waals surface area contributed by atoms with Crippen molar-refractivity contribution in [1.29, 1.82) is 0 Å². The molecule has 6 atom stereocenters. The minimum absolute atomic E-state index is 0.235. The summed E-state index contributed by atoms with van der Waals surface area (Å²) < 4.78 is 10.9. The Bertz CT molecular complexity index is 255.